The maximum atomic E-state index is 9.89. The average Bonchev–Trinajstić information content (AvgIpc) is 2.38. The van der Waals surface area contributed by atoms with Crippen molar-refractivity contribution in [2.75, 3.05) is 0 Å². The molecule has 0 aromatic heterocycles. The maximum Gasteiger partial charge on any atom is 0.123 e. The summed E-state index contributed by atoms with van der Waals surface area (Å²) in [7, 11) is 0. The molecule has 0 bridgehead atoms. The highest BCUT2D eigenvalue weighted by Crippen LogP contribution is 2.30. The highest BCUT2D eigenvalue weighted by atomic mass is 16.3. The Morgan fingerprint density at radius 3 is 2.00 bits per heavy atom. The van der Waals surface area contributed by atoms with Gasteiger partial charge in [-0.1, -0.05) is 50.2 Å². The van der Waals surface area contributed by atoms with Crippen molar-refractivity contribution in [3.8, 4) is 16.9 Å². The van der Waals surface area contributed by atoms with Crippen LogP contribution in [-0.4, -0.2) is 5.11 Å². The van der Waals surface area contributed by atoms with Crippen LogP contribution in [0.15, 0.2) is 42.5 Å². The molecule has 0 heterocycles. The number of benzene rings is 2. The van der Waals surface area contributed by atoms with Gasteiger partial charge in [-0.2, -0.15) is 0 Å². The summed E-state index contributed by atoms with van der Waals surface area (Å²) < 4.78 is 0. The van der Waals surface area contributed by atoms with Crippen molar-refractivity contribution in [2.24, 2.45) is 0 Å². The highest BCUT2D eigenvalue weighted by molar-refractivity contribution is 5.71. The minimum atomic E-state index is 0.350. The molecule has 0 fully saturated rings. The number of aromatic hydroxyl groups is 1. The predicted octanol–water partition coefficient (Wildman–Crippen LogP) is 4.18. The Hall–Kier alpha value is -1.76. The van der Waals surface area contributed by atoms with E-state index in [1.807, 2.05) is 18.2 Å². The van der Waals surface area contributed by atoms with Crippen molar-refractivity contribution < 1.29 is 5.11 Å². The van der Waals surface area contributed by atoms with Gasteiger partial charge < -0.3 is 5.11 Å². The van der Waals surface area contributed by atoms with Crippen LogP contribution >= 0.6 is 0 Å². The predicted molar refractivity (Wildman–Crippen MR) is 72.3 cm³/mol. The number of phenols is 1. The average molecular weight is 226 g/mol. The maximum absolute atomic E-state index is 9.89. The Balaban J connectivity index is 2.55. The largest absolute Gasteiger partial charge is 0.507 e. The summed E-state index contributed by atoms with van der Waals surface area (Å²) in [4.78, 5) is 0. The van der Waals surface area contributed by atoms with Crippen LogP contribution in [0, 0.1) is 0 Å². The topological polar surface area (TPSA) is 20.2 Å². The Bertz CT molecular complexity index is 492. The zero-order valence-electron chi connectivity index (χ0n) is 10.4. The molecule has 0 amide bonds. The van der Waals surface area contributed by atoms with Gasteiger partial charge in [0.2, 0.25) is 0 Å². The first-order chi connectivity index (χ1) is 8.24. The molecule has 0 saturated carbocycles. The van der Waals surface area contributed by atoms with Gasteiger partial charge >= 0.3 is 0 Å². The lowest BCUT2D eigenvalue weighted by atomic mass is 9.97. The van der Waals surface area contributed by atoms with E-state index in [9.17, 15) is 5.11 Å². The quantitative estimate of drug-likeness (QED) is 0.832. The van der Waals surface area contributed by atoms with Crippen LogP contribution in [0.1, 0.15) is 25.0 Å². The zero-order valence-corrected chi connectivity index (χ0v) is 10.4. The Labute approximate surface area is 103 Å². The van der Waals surface area contributed by atoms with Crippen LogP contribution < -0.4 is 0 Å². The SMILES string of the molecule is CCc1cc(CC)cc(-c2ccccc2O)c1. The van der Waals surface area contributed by atoms with Gasteiger partial charge in [-0.3, -0.25) is 0 Å². The molecule has 2 rings (SSSR count). The van der Waals surface area contributed by atoms with Crippen molar-refractivity contribution in [1.82, 2.24) is 0 Å². The number of rotatable bonds is 3. The van der Waals surface area contributed by atoms with E-state index < -0.39 is 0 Å². The van der Waals surface area contributed by atoms with Crippen LogP contribution in [0.2, 0.25) is 0 Å². The summed E-state index contributed by atoms with van der Waals surface area (Å²) in [6, 6.07) is 14.1. The molecule has 1 heteroatoms. The number of phenolic OH excluding ortho intramolecular Hbond substituents is 1. The smallest absolute Gasteiger partial charge is 0.123 e. The number of para-hydroxylation sites is 1. The summed E-state index contributed by atoms with van der Waals surface area (Å²) in [6.07, 6.45) is 2.04. The highest BCUT2D eigenvalue weighted by Gasteiger charge is 2.05. The molecule has 0 radical (unpaired) electrons. The monoisotopic (exact) mass is 226 g/mol. The molecule has 17 heavy (non-hydrogen) atoms. The van der Waals surface area contributed by atoms with E-state index in [0.717, 1.165) is 24.0 Å². The van der Waals surface area contributed by atoms with Crippen molar-refractivity contribution in [3.63, 3.8) is 0 Å². The first-order valence-corrected chi connectivity index (χ1v) is 6.15. The van der Waals surface area contributed by atoms with Crippen LogP contribution in [0.25, 0.3) is 11.1 Å². The number of hydrogen-bond acceptors (Lipinski definition) is 1. The van der Waals surface area contributed by atoms with Crippen molar-refractivity contribution in [1.29, 1.82) is 0 Å². The van der Waals surface area contributed by atoms with Gasteiger partial charge in [0, 0.05) is 5.56 Å². The van der Waals surface area contributed by atoms with Gasteiger partial charge in [0.05, 0.1) is 0 Å². The van der Waals surface area contributed by atoms with E-state index in [1.54, 1.807) is 6.07 Å². The third kappa shape index (κ3) is 2.50. The summed E-state index contributed by atoms with van der Waals surface area (Å²) in [5, 5.41) is 9.89. The van der Waals surface area contributed by atoms with Crippen LogP contribution in [0.3, 0.4) is 0 Å². The van der Waals surface area contributed by atoms with Gasteiger partial charge in [-0.05, 0) is 35.6 Å². The molecular weight excluding hydrogens is 208 g/mol. The fourth-order valence-corrected chi connectivity index (χ4v) is 2.04. The van der Waals surface area contributed by atoms with Crippen molar-refractivity contribution >= 4 is 0 Å². The number of aryl methyl sites for hydroxylation is 2. The third-order valence-electron chi connectivity index (χ3n) is 3.08. The summed E-state index contributed by atoms with van der Waals surface area (Å²) in [6.45, 7) is 4.31. The second-order valence-corrected chi connectivity index (χ2v) is 4.26. The molecule has 2 aromatic carbocycles. The minimum absolute atomic E-state index is 0.350. The Kier molecular flexibility index (Phi) is 3.48. The Morgan fingerprint density at radius 1 is 0.882 bits per heavy atom. The van der Waals surface area contributed by atoms with E-state index in [2.05, 4.69) is 32.0 Å². The van der Waals surface area contributed by atoms with E-state index in [0.29, 0.717) is 5.75 Å². The molecule has 0 atom stereocenters. The first-order valence-electron chi connectivity index (χ1n) is 6.15. The molecular formula is C16H18O. The fraction of sp³-hybridized carbons (Fsp3) is 0.250. The molecule has 0 aliphatic carbocycles. The van der Waals surface area contributed by atoms with Gasteiger partial charge in [-0.15, -0.1) is 0 Å². The summed E-state index contributed by atoms with van der Waals surface area (Å²) in [5.74, 6) is 0.350. The second-order valence-electron chi connectivity index (χ2n) is 4.26. The van der Waals surface area contributed by atoms with Crippen molar-refractivity contribution in [3.05, 3.63) is 53.6 Å². The van der Waals surface area contributed by atoms with Crippen LogP contribution in [-0.2, 0) is 12.8 Å². The molecule has 0 saturated heterocycles. The molecule has 0 aliphatic heterocycles. The second kappa shape index (κ2) is 5.05. The van der Waals surface area contributed by atoms with Gasteiger partial charge in [0.1, 0.15) is 5.75 Å². The van der Waals surface area contributed by atoms with Gasteiger partial charge in [-0.25, -0.2) is 0 Å². The zero-order chi connectivity index (χ0) is 12.3. The fourth-order valence-electron chi connectivity index (χ4n) is 2.04. The van der Waals surface area contributed by atoms with Gasteiger partial charge in [0.15, 0.2) is 0 Å². The molecule has 0 aliphatic rings. The van der Waals surface area contributed by atoms with E-state index in [4.69, 9.17) is 0 Å². The van der Waals surface area contributed by atoms with Crippen molar-refractivity contribution in [2.45, 2.75) is 26.7 Å². The first kappa shape index (κ1) is 11.7. The van der Waals surface area contributed by atoms with E-state index in [1.165, 1.54) is 11.1 Å². The lowest BCUT2D eigenvalue weighted by molar-refractivity contribution is 0.477. The lowest BCUT2D eigenvalue weighted by Crippen LogP contribution is -1.89. The molecule has 1 N–H and O–H groups in total. The van der Waals surface area contributed by atoms with Crippen LogP contribution in [0.4, 0.5) is 0 Å². The molecule has 88 valence electrons. The minimum Gasteiger partial charge on any atom is -0.507 e. The van der Waals surface area contributed by atoms with E-state index in [-0.39, 0.29) is 0 Å². The molecule has 1 nitrogen and oxygen atoms in total. The summed E-state index contributed by atoms with van der Waals surface area (Å²) >= 11 is 0. The standard InChI is InChI=1S/C16H18O/c1-3-12-9-13(4-2)11-14(10-12)15-7-5-6-8-16(15)17/h5-11,17H,3-4H2,1-2H3. The van der Waals surface area contributed by atoms with E-state index >= 15 is 0 Å². The number of hydrogen-bond donors (Lipinski definition) is 1. The molecule has 0 unspecified atom stereocenters. The third-order valence-corrected chi connectivity index (χ3v) is 3.08. The van der Waals surface area contributed by atoms with Gasteiger partial charge in [0.25, 0.3) is 0 Å². The Morgan fingerprint density at radius 2 is 1.47 bits per heavy atom. The lowest BCUT2D eigenvalue weighted by Gasteiger charge is -2.09. The molecule has 0 spiro atoms. The normalized spacial score (nSPS) is 10.5. The summed E-state index contributed by atoms with van der Waals surface area (Å²) in [5.41, 5.74) is 4.67. The van der Waals surface area contributed by atoms with Crippen LogP contribution in [0.5, 0.6) is 5.75 Å². The molecule has 2 aromatic rings.